The Morgan fingerprint density at radius 2 is 1.90 bits per heavy atom. The minimum atomic E-state index is 0.558. The van der Waals surface area contributed by atoms with Gasteiger partial charge in [0.25, 0.3) is 0 Å². The second-order valence-electron chi connectivity index (χ2n) is 4.52. The third-order valence-electron chi connectivity index (χ3n) is 3.06. The smallest absolute Gasteiger partial charge is 0.138 e. The van der Waals surface area contributed by atoms with Crippen molar-refractivity contribution in [2.75, 3.05) is 25.6 Å². The molecule has 0 aliphatic rings. The van der Waals surface area contributed by atoms with Crippen molar-refractivity contribution < 1.29 is 14.0 Å². The molecule has 2 aromatic rings. The molecule has 0 fully saturated rings. The molecule has 0 radical (unpaired) electrons. The highest BCUT2D eigenvalue weighted by molar-refractivity contribution is 5.47. The summed E-state index contributed by atoms with van der Waals surface area (Å²) >= 11 is 0. The Morgan fingerprint density at radius 3 is 2.50 bits per heavy atom. The van der Waals surface area contributed by atoms with Gasteiger partial charge >= 0.3 is 0 Å². The molecule has 1 aromatic heterocycles. The fraction of sp³-hybridized carbons (Fsp3) is 0.400. The molecule has 2 rings (SSSR count). The molecule has 0 saturated carbocycles. The molecule has 0 aliphatic carbocycles. The van der Waals surface area contributed by atoms with E-state index in [1.165, 1.54) is 0 Å². The maximum Gasteiger partial charge on any atom is 0.138 e. The molecule has 1 N–H and O–H groups in total. The maximum atomic E-state index is 5.51. The Labute approximate surface area is 118 Å². The van der Waals surface area contributed by atoms with Crippen molar-refractivity contribution in [2.45, 2.75) is 20.4 Å². The number of nitrogens with one attached hydrogen (secondary N) is 1. The fourth-order valence-electron chi connectivity index (χ4n) is 1.86. The lowest BCUT2D eigenvalue weighted by atomic mass is 10.2. The molecule has 1 aromatic carbocycles. The number of hydrogen-bond donors (Lipinski definition) is 1. The molecule has 0 saturated heterocycles. The molecule has 20 heavy (non-hydrogen) atoms. The third-order valence-corrected chi connectivity index (χ3v) is 3.06. The van der Waals surface area contributed by atoms with E-state index in [0.717, 1.165) is 28.5 Å². The summed E-state index contributed by atoms with van der Waals surface area (Å²) in [5, 5.41) is 7.28. The number of rotatable bonds is 7. The average Bonchev–Trinajstić information content (AvgIpc) is 2.78. The lowest BCUT2D eigenvalue weighted by Gasteiger charge is -2.08. The first kappa shape index (κ1) is 14.4. The van der Waals surface area contributed by atoms with Crippen LogP contribution in [0.5, 0.6) is 5.75 Å². The first-order valence-electron chi connectivity index (χ1n) is 6.58. The van der Waals surface area contributed by atoms with Crippen LogP contribution >= 0.6 is 0 Å². The zero-order valence-electron chi connectivity index (χ0n) is 12.1. The molecule has 0 unspecified atom stereocenters. The van der Waals surface area contributed by atoms with Gasteiger partial charge in [0.2, 0.25) is 0 Å². The summed E-state index contributed by atoms with van der Waals surface area (Å²) < 4.78 is 15.6. The summed E-state index contributed by atoms with van der Waals surface area (Å²) in [4.78, 5) is 0. The minimum Gasteiger partial charge on any atom is -0.491 e. The van der Waals surface area contributed by atoms with Crippen LogP contribution in [0, 0.1) is 13.8 Å². The van der Waals surface area contributed by atoms with Crippen LogP contribution in [-0.2, 0) is 11.3 Å². The van der Waals surface area contributed by atoms with Crippen molar-refractivity contribution in [3.63, 3.8) is 0 Å². The molecule has 0 spiro atoms. The monoisotopic (exact) mass is 276 g/mol. The van der Waals surface area contributed by atoms with Gasteiger partial charge in [-0.05, 0) is 38.1 Å². The maximum absolute atomic E-state index is 5.51. The van der Waals surface area contributed by atoms with Gasteiger partial charge in [-0.3, -0.25) is 0 Å². The van der Waals surface area contributed by atoms with Gasteiger partial charge in [-0.1, -0.05) is 5.16 Å². The van der Waals surface area contributed by atoms with Crippen LogP contribution in [0.15, 0.2) is 28.8 Å². The number of benzene rings is 1. The summed E-state index contributed by atoms with van der Waals surface area (Å²) in [6.07, 6.45) is 0. The van der Waals surface area contributed by atoms with E-state index in [9.17, 15) is 0 Å². The van der Waals surface area contributed by atoms with Crippen molar-refractivity contribution in [3.8, 4) is 5.75 Å². The van der Waals surface area contributed by atoms with Crippen molar-refractivity contribution in [3.05, 3.63) is 41.3 Å². The second kappa shape index (κ2) is 6.96. The zero-order valence-corrected chi connectivity index (χ0v) is 12.1. The highest BCUT2D eigenvalue weighted by atomic mass is 16.5. The van der Waals surface area contributed by atoms with E-state index in [4.69, 9.17) is 14.0 Å². The van der Waals surface area contributed by atoms with Crippen molar-refractivity contribution in [2.24, 2.45) is 0 Å². The third kappa shape index (κ3) is 3.74. The fourth-order valence-corrected chi connectivity index (χ4v) is 1.86. The Hall–Kier alpha value is -2.01. The van der Waals surface area contributed by atoms with E-state index in [0.29, 0.717) is 19.8 Å². The van der Waals surface area contributed by atoms with E-state index >= 15 is 0 Å². The number of aryl methyl sites for hydroxylation is 2. The largest absolute Gasteiger partial charge is 0.491 e. The lowest BCUT2D eigenvalue weighted by molar-refractivity contribution is 0.146. The molecular formula is C15H20N2O3. The van der Waals surface area contributed by atoms with E-state index in [1.54, 1.807) is 7.11 Å². The topological polar surface area (TPSA) is 56.5 Å². The molecule has 1 heterocycles. The summed E-state index contributed by atoms with van der Waals surface area (Å²) in [5.41, 5.74) is 3.06. The Morgan fingerprint density at radius 1 is 1.15 bits per heavy atom. The van der Waals surface area contributed by atoms with E-state index in [1.807, 2.05) is 38.1 Å². The second-order valence-corrected chi connectivity index (χ2v) is 4.52. The van der Waals surface area contributed by atoms with Crippen LogP contribution in [0.2, 0.25) is 0 Å². The summed E-state index contributed by atoms with van der Waals surface area (Å²) in [6, 6.07) is 7.84. The highest BCUT2D eigenvalue weighted by Crippen LogP contribution is 2.18. The molecule has 108 valence electrons. The summed E-state index contributed by atoms with van der Waals surface area (Å²) in [6.45, 7) is 5.71. The lowest BCUT2D eigenvalue weighted by Crippen LogP contribution is -2.04. The Bertz CT molecular complexity index is 515. The van der Waals surface area contributed by atoms with Gasteiger partial charge in [-0.15, -0.1) is 0 Å². The van der Waals surface area contributed by atoms with Gasteiger partial charge in [0, 0.05) is 24.9 Å². The molecule has 0 atom stereocenters. The predicted octanol–water partition coefficient (Wildman–Crippen LogP) is 2.93. The molecular weight excluding hydrogens is 256 g/mol. The number of aromatic nitrogens is 1. The first-order valence-corrected chi connectivity index (χ1v) is 6.58. The van der Waals surface area contributed by atoms with Crippen LogP contribution < -0.4 is 10.1 Å². The minimum absolute atomic E-state index is 0.558. The van der Waals surface area contributed by atoms with Crippen LogP contribution in [0.4, 0.5) is 5.69 Å². The molecule has 0 bridgehead atoms. The average molecular weight is 276 g/mol. The van der Waals surface area contributed by atoms with E-state index in [-0.39, 0.29) is 0 Å². The van der Waals surface area contributed by atoms with Crippen molar-refractivity contribution in [1.29, 1.82) is 0 Å². The van der Waals surface area contributed by atoms with E-state index < -0.39 is 0 Å². The Balaban J connectivity index is 1.88. The van der Waals surface area contributed by atoms with Gasteiger partial charge in [0.05, 0.1) is 12.3 Å². The van der Waals surface area contributed by atoms with Gasteiger partial charge in [-0.25, -0.2) is 0 Å². The summed E-state index contributed by atoms with van der Waals surface area (Å²) in [7, 11) is 1.66. The van der Waals surface area contributed by atoms with Gasteiger partial charge < -0.3 is 19.3 Å². The quantitative estimate of drug-likeness (QED) is 0.788. The number of methoxy groups -OCH3 is 1. The van der Waals surface area contributed by atoms with Gasteiger partial charge in [-0.2, -0.15) is 0 Å². The van der Waals surface area contributed by atoms with Gasteiger partial charge in [0.1, 0.15) is 18.1 Å². The van der Waals surface area contributed by atoms with E-state index in [2.05, 4.69) is 10.5 Å². The number of anilines is 1. The Kier molecular flexibility index (Phi) is 5.01. The SMILES string of the molecule is COCCOc1ccc(NCc2c(C)noc2C)cc1. The first-order chi connectivity index (χ1) is 9.70. The highest BCUT2D eigenvalue weighted by Gasteiger charge is 2.08. The predicted molar refractivity (Wildman–Crippen MR) is 77.1 cm³/mol. The normalized spacial score (nSPS) is 10.6. The molecule has 0 aliphatic heterocycles. The zero-order chi connectivity index (χ0) is 14.4. The van der Waals surface area contributed by atoms with Crippen molar-refractivity contribution in [1.82, 2.24) is 5.16 Å². The van der Waals surface area contributed by atoms with Crippen LogP contribution in [0.1, 0.15) is 17.0 Å². The molecule has 5 heteroatoms. The van der Waals surface area contributed by atoms with Crippen LogP contribution in [0.25, 0.3) is 0 Å². The standard InChI is InChI=1S/C15H20N2O3/c1-11-15(12(2)20-17-11)10-16-13-4-6-14(7-5-13)19-9-8-18-3/h4-7,16H,8-10H2,1-3H3. The number of hydrogen-bond acceptors (Lipinski definition) is 5. The van der Waals surface area contributed by atoms with Gasteiger partial charge in [0.15, 0.2) is 0 Å². The molecule has 5 nitrogen and oxygen atoms in total. The number of nitrogens with zero attached hydrogens (tertiary/aromatic N) is 1. The van der Waals surface area contributed by atoms with Crippen LogP contribution in [0.3, 0.4) is 0 Å². The van der Waals surface area contributed by atoms with Crippen LogP contribution in [-0.4, -0.2) is 25.5 Å². The number of ether oxygens (including phenoxy) is 2. The van der Waals surface area contributed by atoms with Crippen molar-refractivity contribution >= 4 is 5.69 Å². The summed E-state index contributed by atoms with van der Waals surface area (Å²) in [5.74, 6) is 1.69. The molecule has 0 amide bonds.